The van der Waals surface area contributed by atoms with Crippen molar-refractivity contribution in [3.05, 3.63) is 144 Å². The highest BCUT2D eigenvalue weighted by Crippen LogP contribution is 2.30. The second-order valence-corrected chi connectivity index (χ2v) is 27.8. The monoisotopic (exact) mass is 1310 g/mol. The van der Waals surface area contributed by atoms with E-state index in [-0.39, 0.29) is 93.5 Å². The third kappa shape index (κ3) is 26.1. The van der Waals surface area contributed by atoms with Crippen molar-refractivity contribution in [1.29, 1.82) is 0 Å². The van der Waals surface area contributed by atoms with Crippen molar-refractivity contribution < 1.29 is 57.7 Å². The standard InChI is InChI=1S/C74H105N9O12/c1-48(2)39-58(77-71(91)62(43-54-27-19-13-20-28-54)81-70(90)61(42-51(7)8)80-68(88)57(34-32-53-25-17-12-18-26-53)76-64(84)45-83-35-37-94-38-36-83)65(85)73(9,93)46-75-56(33-31-52-23-15-11-16-24-52)67(87)79-60(41-50(5)6)69(89)82-63(44-55-29-21-14-22-30-55)72(92)78-59(40-49(3)4)66(86)74(10)47-95-74/h11-30,48-51,56-63,75,93H,31-47H2,1-10H3,(H,76,84)(H,77,91)(H,78,92)(H,79,87)(H,80,88)(H,81,90)(H,82,89)/t56-,57-,58?,59?,60-,61-,62-,63-,73+,74?/m0/s1. The molecule has 95 heavy (non-hydrogen) atoms. The van der Waals surface area contributed by atoms with Crippen LogP contribution in [0.2, 0.25) is 0 Å². The fraction of sp³-hybridized carbons (Fsp3) is 0.554. The van der Waals surface area contributed by atoms with Crippen molar-refractivity contribution in [2.45, 2.75) is 193 Å². The summed E-state index contributed by atoms with van der Waals surface area (Å²) in [6.45, 7) is 20.2. The zero-order valence-corrected chi connectivity index (χ0v) is 57.4. The molecule has 2 aliphatic rings. The Balaban J connectivity index is 1.20. The SMILES string of the molecule is CC(C)CC(NC(=O)[C@H](Cc1ccccc1)NC(=O)[C@H](CC(C)C)NC(=O)[C@H](CCc1ccccc1)NC[C@@](C)(O)C(=O)C(CC(C)C)NC(=O)[C@H](Cc1ccccc1)NC(=O)[C@H](CC(C)C)NC(=O)[C@H](CCc1ccccc1)NC(=O)CN1CCOCC1)C(=O)C1(C)CO1. The zero-order chi connectivity index (χ0) is 69.2. The van der Waals surface area contributed by atoms with Gasteiger partial charge in [0.15, 0.2) is 11.6 Å². The fourth-order valence-electron chi connectivity index (χ4n) is 11.7. The van der Waals surface area contributed by atoms with Crippen LogP contribution in [0.25, 0.3) is 0 Å². The van der Waals surface area contributed by atoms with Gasteiger partial charge in [0.2, 0.25) is 41.4 Å². The van der Waals surface area contributed by atoms with Gasteiger partial charge in [-0.05, 0) is 111 Å². The number of amides is 7. The molecule has 10 atom stereocenters. The summed E-state index contributed by atoms with van der Waals surface area (Å²) in [5.41, 5.74) is 0.0713. The summed E-state index contributed by atoms with van der Waals surface area (Å²) in [6, 6.07) is 28.1. The Bertz CT molecular complexity index is 3100. The van der Waals surface area contributed by atoms with Gasteiger partial charge in [-0.1, -0.05) is 177 Å². The molecule has 7 amide bonds. The average Bonchev–Trinajstić information content (AvgIpc) is 1.68. The van der Waals surface area contributed by atoms with Gasteiger partial charge < -0.3 is 57.1 Å². The summed E-state index contributed by atoms with van der Waals surface area (Å²) in [4.78, 5) is 132. The number of benzene rings is 4. The fourth-order valence-corrected chi connectivity index (χ4v) is 11.7. The normalized spacial score (nSPS) is 18.0. The van der Waals surface area contributed by atoms with Crippen LogP contribution in [0.5, 0.6) is 0 Å². The highest BCUT2D eigenvalue weighted by Gasteiger charge is 2.50. The Morgan fingerprint density at radius 3 is 1.22 bits per heavy atom. The van der Waals surface area contributed by atoms with Crippen LogP contribution in [-0.4, -0.2) is 168 Å². The van der Waals surface area contributed by atoms with E-state index in [0.29, 0.717) is 51.1 Å². The largest absolute Gasteiger partial charge is 0.381 e. The number of hydrogen-bond donors (Lipinski definition) is 9. The number of Topliss-reactive ketones (excluding diaryl/α,β-unsaturated/α-hetero) is 2. The molecule has 6 rings (SSSR count). The average molecular weight is 1310 g/mol. The smallest absolute Gasteiger partial charge is 0.243 e. The molecule has 3 unspecified atom stereocenters. The van der Waals surface area contributed by atoms with Crippen molar-refractivity contribution in [3.8, 4) is 0 Å². The van der Waals surface area contributed by atoms with Gasteiger partial charge in [0.25, 0.3) is 0 Å². The minimum atomic E-state index is -2.22. The van der Waals surface area contributed by atoms with Crippen LogP contribution >= 0.6 is 0 Å². The summed E-state index contributed by atoms with van der Waals surface area (Å²) < 4.78 is 10.9. The molecule has 9 N–H and O–H groups in total. The van der Waals surface area contributed by atoms with E-state index in [2.05, 4.69) is 42.5 Å². The number of nitrogens with zero attached hydrogens (tertiary/aromatic N) is 1. The Kier molecular flexibility index (Phi) is 30.2. The highest BCUT2D eigenvalue weighted by atomic mass is 16.6. The lowest BCUT2D eigenvalue weighted by atomic mass is 9.89. The Labute approximate surface area is 561 Å². The molecule has 0 aliphatic carbocycles. The van der Waals surface area contributed by atoms with Crippen molar-refractivity contribution in [2.24, 2.45) is 23.7 Å². The van der Waals surface area contributed by atoms with Gasteiger partial charge in [-0.15, -0.1) is 0 Å². The molecule has 0 radical (unpaired) electrons. The third-order valence-electron chi connectivity index (χ3n) is 17.1. The summed E-state index contributed by atoms with van der Waals surface area (Å²) in [6.07, 6.45) is 2.09. The van der Waals surface area contributed by atoms with Crippen LogP contribution in [0.1, 0.15) is 130 Å². The number of aryl methyl sites for hydroxylation is 2. The van der Waals surface area contributed by atoms with E-state index in [1.54, 1.807) is 31.2 Å². The van der Waals surface area contributed by atoms with Gasteiger partial charge in [-0.3, -0.25) is 48.1 Å². The molecule has 2 heterocycles. The number of rotatable bonds is 40. The third-order valence-corrected chi connectivity index (χ3v) is 17.1. The van der Waals surface area contributed by atoms with E-state index < -0.39 is 107 Å². The van der Waals surface area contributed by atoms with Gasteiger partial charge in [-0.25, -0.2) is 0 Å². The number of carbonyl (C=O) groups is 9. The first-order valence-corrected chi connectivity index (χ1v) is 33.9. The molecular weight excluding hydrogens is 1210 g/mol. The number of epoxide rings is 1. The summed E-state index contributed by atoms with van der Waals surface area (Å²) >= 11 is 0. The van der Waals surface area contributed by atoms with E-state index in [0.717, 1.165) is 16.7 Å². The molecule has 21 nitrogen and oxygen atoms in total. The molecule has 0 aromatic heterocycles. The lowest BCUT2D eigenvalue weighted by Crippen LogP contribution is -2.61. The number of carbonyl (C=O) groups excluding carboxylic acids is 9. The molecule has 0 spiro atoms. The molecule has 2 aliphatic heterocycles. The number of ketones is 2. The Morgan fingerprint density at radius 1 is 0.463 bits per heavy atom. The van der Waals surface area contributed by atoms with E-state index in [9.17, 15) is 48.3 Å². The molecular formula is C74H105N9O12. The molecule has 4 aromatic rings. The van der Waals surface area contributed by atoms with Gasteiger partial charge in [0.05, 0.1) is 44.5 Å². The van der Waals surface area contributed by atoms with Crippen LogP contribution in [0.3, 0.4) is 0 Å². The van der Waals surface area contributed by atoms with Gasteiger partial charge >= 0.3 is 0 Å². The first-order chi connectivity index (χ1) is 45.2. The van der Waals surface area contributed by atoms with E-state index in [1.807, 2.05) is 157 Å². The predicted octanol–water partition coefficient (Wildman–Crippen LogP) is 5.28. The molecule has 0 bridgehead atoms. The summed E-state index contributed by atoms with van der Waals surface area (Å²) in [7, 11) is 0. The van der Waals surface area contributed by atoms with Crippen LogP contribution in [0.15, 0.2) is 121 Å². The second kappa shape index (κ2) is 37.6. The quantitative estimate of drug-likeness (QED) is 0.0256. The number of hydrogen-bond acceptors (Lipinski definition) is 14. The molecule has 0 saturated carbocycles. The first kappa shape index (κ1) is 76.3. The number of aliphatic hydroxyl groups is 1. The molecule has 2 fully saturated rings. The molecule has 2 saturated heterocycles. The zero-order valence-electron chi connectivity index (χ0n) is 57.4. The van der Waals surface area contributed by atoms with E-state index in [1.165, 1.54) is 6.92 Å². The van der Waals surface area contributed by atoms with E-state index in [4.69, 9.17) is 9.47 Å². The van der Waals surface area contributed by atoms with Crippen LogP contribution in [-0.2, 0) is 78.3 Å². The Morgan fingerprint density at radius 2 is 0.800 bits per heavy atom. The number of ether oxygens (including phenoxy) is 2. The summed E-state index contributed by atoms with van der Waals surface area (Å²) in [5, 5.41) is 35.9. The van der Waals surface area contributed by atoms with Gasteiger partial charge in [0.1, 0.15) is 41.4 Å². The molecule has 21 heteroatoms. The predicted molar refractivity (Wildman–Crippen MR) is 365 cm³/mol. The van der Waals surface area contributed by atoms with E-state index >= 15 is 0 Å². The maximum Gasteiger partial charge on any atom is 0.243 e. The minimum absolute atomic E-state index is 0.0113. The minimum Gasteiger partial charge on any atom is -0.381 e. The first-order valence-electron chi connectivity index (χ1n) is 33.9. The highest BCUT2D eigenvalue weighted by molar-refractivity contribution is 6.00. The number of nitrogens with one attached hydrogen (secondary N) is 8. The topological polar surface area (TPSA) is 295 Å². The van der Waals surface area contributed by atoms with Crippen molar-refractivity contribution >= 4 is 52.9 Å². The van der Waals surface area contributed by atoms with Crippen LogP contribution in [0, 0.1) is 23.7 Å². The lowest BCUT2D eigenvalue weighted by Gasteiger charge is -2.32. The van der Waals surface area contributed by atoms with Gasteiger partial charge in [0, 0.05) is 32.5 Å². The molecule has 4 aromatic carbocycles. The van der Waals surface area contributed by atoms with Crippen LogP contribution < -0.4 is 42.5 Å². The summed E-state index contributed by atoms with van der Waals surface area (Å²) in [5.74, 6) is -5.50. The maximum atomic E-state index is 14.9. The molecule has 518 valence electrons. The van der Waals surface area contributed by atoms with Crippen LogP contribution in [0.4, 0.5) is 0 Å². The Hall–Kier alpha value is -7.69. The maximum absolute atomic E-state index is 14.9. The van der Waals surface area contributed by atoms with Gasteiger partial charge in [-0.2, -0.15) is 0 Å². The number of morpholine rings is 1. The van der Waals surface area contributed by atoms with Crippen molar-refractivity contribution in [2.75, 3.05) is 46.0 Å². The second-order valence-electron chi connectivity index (χ2n) is 27.8. The van der Waals surface area contributed by atoms with Crippen molar-refractivity contribution in [1.82, 2.24) is 47.4 Å². The van der Waals surface area contributed by atoms with Crippen molar-refractivity contribution in [3.63, 3.8) is 0 Å². The lowest BCUT2D eigenvalue weighted by molar-refractivity contribution is -0.141.